The van der Waals surface area contributed by atoms with Gasteiger partial charge in [-0.3, -0.25) is 9.59 Å². The number of allylic oxidation sites excluding steroid dienone is 1. The number of nitrogens with two attached hydrogens (primary N) is 1. The summed E-state index contributed by atoms with van der Waals surface area (Å²) >= 11 is 0. The van der Waals surface area contributed by atoms with Gasteiger partial charge in [0, 0.05) is 16.9 Å². The predicted molar refractivity (Wildman–Crippen MR) is 129 cm³/mol. The first kappa shape index (κ1) is 24.3. The lowest BCUT2D eigenvalue weighted by atomic mass is 9.68. The quantitative estimate of drug-likeness (QED) is 0.590. The van der Waals surface area contributed by atoms with Crippen molar-refractivity contribution in [1.82, 2.24) is 0 Å². The van der Waals surface area contributed by atoms with Crippen LogP contribution in [-0.4, -0.2) is 38.0 Å². The monoisotopic (exact) mass is 488 g/mol. The molecule has 2 amide bonds. The molecule has 2 aliphatic heterocycles. The molecule has 2 aromatic carbocycles. The highest BCUT2D eigenvalue weighted by atomic mass is 16.5. The van der Waals surface area contributed by atoms with Crippen LogP contribution in [0.3, 0.4) is 0 Å². The van der Waals surface area contributed by atoms with E-state index in [1.807, 2.05) is 6.07 Å². The Balaban J connectivity index is 1.80. The van der Waals surface area contributed by atoms with Crippen molar-refractivity contribution in [2.75, 3.05) is 30.5 Å². The lowest BCUT2D eigenvalue weighted by Crippen LogP contribution is -2.49. The van der Waals surface area contributed by atoms with Gasteiger partial charge in [-0.2, -0.15) is 5.26 Å². The fourth-order valence-electron chi connectivity index (χ4n) is 4.59. The molecule has 3 N–H and O–H groups in total. The van der Waals surface area contributed by atoms with E-state index in [0.717, 1.165) is 0 Å². The fourth-order valence-corrected chi connectivity index (χ4v) is 4.59. The van der Waals surface area contributed by atoms with Crippen molar-refractivity contribution >= 4 is 29.2 Å². The minimum atomic E-state index is -1.91. The van der Waals surface area contributed by atoms with Crippen LogP contribution in [0, 0.1) is 11.3 Å². The third kappa shape index (κ3) is 3.71. The lowest BCUT2D eigenvalue weighted by molar-refractivity contribution is -0.141. The van der Waals surface area contributed by atoms with Gasteiger partial charge in [-0.1, -0.05) is 18.2 Å². The number of amides is 2. The van der Waals surface area contributed by atoms with Gasteiger partial charge in [0.1, 0.15) is 35.3 Å². The van der Waals surface area contributed by atoms with E-state index in [-0.39, 0.29) is 35.9 Å². The van der Waals surface area contributed by atoms with Crippen LogP contribution in [0.5, 0.6) is 5.75 Å². The van der Waals surface area contributed by atoms with Crippen molar-refractivity contribution in [3.63, 3.8) is 0 Å². The molecule has 0 saturated heterocycles. The zero-order valence-electron chi connectivity index (χ0n) is 20.0. The topological polar surface area (TPSA) is 144 Å². The van der Waals surface area contributed by atoms with Crippen LogP contribution in [0.15, 0.2) is 71.3 Å². The Bertz CT molecular complexity index is 1360. The Morgan fingerprint density at radius 3 is 2.53 bits per heavy atom. The van der Waals surface area contributed by atoms with E-state index < -0.39 is 23.2 Å². The first-order valence-corrected chi connectivity index (χ1v) is 11.1. The zero-order chi connectivity index (χ0) is 26.0. The highest BCUT2D eigenvalue weighted by Crippen LogP contribution is 2.54. The fraction of sp³-hybridized carbons (Fsp3) is 0.231. The van der Waals surface area contributed by atoms with Gasteiger partial charge in [0.2, 0.25) is 17.7 Å². The number of fused-ring (bicyclic) bond motifs is 2. The molecule has 0 aromatic heterocycles. The Labute approximate surface area is 207 Å². The summed E-state index contributed by atoms with van der Waals surface area (Å²) < 4.78 is 15.8. The van der Waals surface area contributed by atoms with E-state index >= 15 is 0 Å². The molecule has 1 spiro atoms. The number of esters is 1. The van der Waals surface area contributed by atoms with E-state index in [4.69, 9.17) is 19.9 Å². The molecule has 0 radical (unpaired) electrons. The Kier molecular flexibility index (Phi) is 6.40. The van der Waals surface area contributed by atoms with Gasteiger partial charge >= 0.3 is 5.97 Å². The van der Waals surface area contributed by atoms with Gasteiger partial charge in [-0.25, -0.2) is 4.79 Å². The van der Waals surface area contributed by atoms with Crippen molar-refractivity contribution in [2.24, 2.45) is 5.73 Å². The molecule has 2 aliphatic rings. The number of nitrogens with zero attached hydrogens (tertiary/aromatic N) is 2. The number of anilines is 2. The van der Waals surface area contributed by atoms with Crippen molar-refractivity contribution in [2.45, 2.75) is 19.3 Å². The molecule has 0 unspecified atom stereocenters. The number of nitriles is 1. The number of hydrogen-bond donors (Lipinski definition) is 2. The van der Waals surface area contributed by atoms with Gasteiger partial charge in [0.25, 0.3) is 0 Å². The minimum absolute atomic E-state index is 0.0383. The molecule has 10 heteroatoms. The second-order valence-electron chi connectivity index (χ2n) is 8.04. The maximum absolute atomic E-state index is 14.2. The maximum atomic E-state index is 14.2. The molecule has 0 aliphatic carbocycles. The molecule has 36 heavy (non-hydrogen) atoms. The van der Waals surface area contributed by atoms with Gasteiger partial charge in [-0.05, 0) is 44.2 Å². The van der Waals surface area contributed by atoms with Crippen LogP contribution in [-0.2, 0) is 29.3 Å². The molecule has 10 nitrogen and oxygen atoms in total. The summed E-state index contributed by atoms with van der Waals surface area (Å²) in [5, 5.41) is 12.8. The first-order chi connectivity index (χ1) is 17.3. The second kappa shape index (κ2) is 9.46. The molecule has 0 saturated carbocycles. The largest absolute Gasteiger partial charge is 0.497 e. The van der Waals surface area contributed by atoms with Crippen molar-refractivity contribution < 1.29 is 28.6 Å². The summed E-state index contributed by atoms with van der Waals surface area (Å²) in [6.07, 6.45) is 0. The van der Waals surface area contributed by atoms with E-state index in [0.29, 0.717) is 22.7 Å². The van der Waals surface area contributed by atoms with Gasteiger partial charge in [-0.15, -0.1) is 0 Å². The summed E-state index contributed by atoms with van der Waals surface area (Å²) in [5.74, 6) is -1.61. The first-order valence-electron chi connectivity index (χ1n) is 11.1. The molecule has 0 fully saturated rings. The van der Waals surface area contributed by atoms with E-state index in [2.05, 4.69) is 5.32 Å². The van der Waals surface area contributed by atoms with Crippen LogP contribution in [0.4, 0.5) is 11.4 Å². The number of carbonyl (C=O) groups excluding carboxylic acids is 3. The van der Waals surface area contributed by atoms with Crippen LogP contribution >= 0.6 is 0 Å². The average Bonchev–Trinajstić information content (AvgIpc) is 3.08. The van der Waals surface area contributed by atoms with Crippen LogP contribution in [0.2, 0.25) is 0 Å². The normalized spacial score (nSPS) is 18.5. The van der Waals surface area contributed by atoms with Crippen molar-refractivity contribution in [3.8, 4) is 11.8 Å². The van der Waals surface area contributed by atoms with E-state index in [1.54, 1.807) is 55.5 Å². The maximum Gasteiger partial charge on any atom is 0.339 e. The second-order valence-corrected chi connectivity index (χ2v) is 8.04. The number of ether oxygens (including phenoxy) is 3. The number of nitrogens with one attached hydrogen (secondary N) is 1. The SMILES string of the molecule is CCOC(=O)C1=C(C)OC(N)=C(C#N)[C@@]12C(=O)N(CC(=O)Nc1ccc(OC)cc1)c1ccccc12. The molecule has 2 aromatic rings. The smallest absolute Gasteiger partial charge is 0.339 e. The summed E-state index contributed by atoms with van der Waals surface area (Å²) in [7, 11) is 1.54. The highest BCUT2D eigenvalue weighted by Gasteiger charge is 2.62. The number of hydrogen-bond acceptors (Lipinski definition) is 8. The standard InChI is InChI=1S/C26H24N4O6/c1-4-35-24(32)22-15(2)36-23(28)19(13-27)26(22)18-7-5-6-8-20(18)30(25(26)33)14-21(31)29-16-9-11-17(34-3)12-10-16/h5-12H,4,14,28H2,1-3H3,(H,29,31)/t26-/m1/s1. The van der Waals surface area contributed by atoms with Gasteiger partial charge in [0.15, 0.2) is 5.41 Å². The third-order valence-electron chi connectivity index (χ3n) is 6.04. The molecule has 184 valence electrons. The Morgan fingerprint density at radius 2 is 1.89 bits per heavy atom. The average molecular weight is 489 g/mol. The van der Waals surface area contributed by atoms with Gasteiger partial charge in [0.05, 0.1) is 13.7 Å². The third-order valence-corrected chi connectivity index (χ3v) is 6.04. The molecule has 0 bridgehead atoms. The van der Waals surface area contributed by atoms with Crippen molar-refractivity contribution in [1.29, 1.82) is 5.26 Å². The number of carbonyl (C=O) groups is 3. The number of rotatable bonds is 6. The summed E-state index contributed by atoms with van der Waals surface area (Å²) in [6.45, 7) is 2.76. The molecular formula is C26H24N4O6. The number of methoxy groups -OCH3 is 1. The summed E-state index contributed by atoms with van der Waals surface area (Å²) in [5.41, 5.74) is 4.95. The summed E-state index contributed by atoms with van der Waals surface area (Å²) in [6, 6.07) is 15.3. The summed E-state index contributed by atoms with van der Waals surface area (Å²) in [4.78, 5) is 41.5. The minimum Gasteiger partial charge on any atom is -0.497 e. The van der Waals surface area contributed by atoms with Gasteiger partial charge < -0.3 is 30.2 Å². The van der Waals surface area contributed by atoms with Crippen LogP contribution in [0.1, 0.15) is 19.4 Å². The van der Waals surface area contributed by atoms with E-state index in [9.17, 15) is 19.6 Å². The highest BCUT2D eigenvalue weighted by molar-refractivity contribution is 6.20. The predicted octanol–water partition coefficient (Wildman–Crippen LogP) is 2.48. The molecule has 1 atom stereocenters. The van der Waals surface area contributed by atoms with E-state index in [1.165, 1.54) is 18.9 Å². The molecule has 4 rings (SSSR count). The molecule has 2 heterocycles. The lowest BCUT2D eigenvalue weighted by Gasteiger charge is -2.34. The zero-order valence-corrected chi connectivity index (χ0v) is 20.0. The number of para-hydroxylation sites is 1. The Morgan fingerprint density at radius 1 is 1.19 bits per heavy atom. The van der Waals surface area contributed by atoms with Crippen LogP contribution < -0.4 is 20.7 Å². The Hall–Kier alpha value is -4.78. The molecular weight excluding hydrogens is 464 g/mol. The van der Waals surface area contributed by atoms with Crippen LogP contribution in [0.25, 0.3) is 0 Å². The number of benzene rings is 2. The van der Waals surface area contributed by atoms with Crippen molar-refractivity contribution in [3.05, 3.63) is 76.9 Å².